The monoisotopic (exact) mass is 285 g/mol. The molecule has 0 radical (unpaired) electrons. The van der Waals surface area contributed by atoms with E-state index in [1.807, 2.05) is 25.1 Å². The zero-order valence-corrected chi connectivity index (χ0v) is 11.7. The van der Waals surface area contributed by atoms with Crippen molar-refractivity contribution in [1.82, 2.24) is 15.6 Å². The second-order valence-electron chi connectivity index (χ2n) is 3.81. The molecule has 0 aliphatic carbocycles. The third-order valence-corrected chi connectivity index (χ3v) is 2.92. The standard InChI is InChI=1S/C11H19N5O2S/c1-2-13-11(15-7-8-19(12,17)18)16-9-10-5-3-4-6-14-10/h3-6H,2,7-9H2,1H3,(H2,12,17,18)(H2,13,15,16). The molecule has 0 aliphatic heterocycles. The number of pyridine rings is 1. The number of nitrogens with zero attached hydrogens (tertiary/aromatic N) is 2. The van der Waals surface area contributed by atoms with Crippen LogP contribution in [0.5, 0.6) is 0 Å². The lowest BCUT2D eigenvalue weighted by atomic mass is 10.3. The fourth-order valence-electron chi connectivity index (χ4n) is 1.31. The molecule has 0 atom stereocenters. The molecule has 0 saturated carbocycles. The molecule has 0 unspecified atom stereocenters. The van der Waals surface area contributed by atoms with Gasteiger partial charge in [0.25, 0.3) is 0 Å². The normalized spacial score (nSPS) is 12.2. The molecular formula is C11H19N5O2S. The van der Waals surface area contributed by atoms with Crippen molar-refractivity contribution < 1.29 is 8.42 Å². The van der Waals surface area contributed by atoms with E-state index in [2.05, 4.69) is 20.6 Å². The molecule has 0 saturated heterocycles. The highest BCUT2D eigenvalue weighted by atomic mass is 32.2. The van der Waals surface area contributed by atoms with Crippen LogP contribution in [-0.2, 0) is 16.6 Å². The molecule has 1 aromatic rings. The third-order valence-electron chi connectivity index (χ3n) is 2.15. The van der Waals surface area contributed by atoms with E-state index in [1.165, 1.54) is 0 Å². The van der Waals surface area contributed by atoms with Crippen LogP contribution in [0.15, 0.2) is 29.4 Å². The number of hydrogen-bond acceptors (Lipinski definition) is 4. The Morgan fingerprint density at radius 2 is 2.21 bits per heavy atom. The summed E-state index contributed by atoms with van der Waals surface area (Å²) in [6, 6.07) is 5.60. The summed E-state index contributed by atoms with van der Waals surface area (Å²) in [6.07, 6.45) is 1.70. The number of nitrogens with two attached hydrogens (primary N) is 1. The maximum absolute atomic E-state index is 10.8. The average molecular weight is 285 g/mol. The number of primary sulfonamides is 1. The van der Waals surface area contributed by atoms with E-state index in [9.17, 15) is 8.42 Å². The zero-order valence-electron chi connectivity index (χ0n) is 10.8. The third kappa shape index (κ3) is 7.37. The maximum Gasteiger partial charge on any atom is 0.210 e. The summed E-state index contributed by atoms with van der Waals surface area (Å²) in [7, 11) is -3.46. The first-order chi connectivity index (χ1) is 9.01. The Morgan fingerprint density at radius 1 is 1.42 bits per heavy atom. The summed E-state index contributed by atoms with van der Waals surface area (Å²) in [5, 5.41) is 10.8. The quantitative estimate of drug-likeness (QED) is 0.479. The molecule has 0 bridgehead atoms. The van der Waals surface area contributed by atoms with Crippen LogP contribution < -0.4 is 15.8 Å². The molecule has 0 aliphatic rings. The largest absolute Gasteiger partial charge is 0.357 e. The summed E-state index contributed by atoms with van der Waals surface area (Å²) in [6.45, 7) is 3.25. The van der Waals surface area contributed by atoms with E-state index in [1.54, 1.807) is 6.20 Å². The van der Waals surface area contributed by atoms with Gasteiger partial charge in [0.2, 0.25) is 10.0 Å². The van der Waals surface area contributed by atoms with Gasteiger partial charge in [0.1, 0.15) is 0 Å². The molecule has 1 aromatic heterocycles. The van der Waals surface area contributed by atoms with Crippen LogP contribution in [0.3, 0.4) is 0 Å². The highest BCUT2D eigenvalue weighted by Gasteiger charge is 2.03. The van der Waals surface area contributed by atoms with Crippen LogP contribution in [0.4, 0.5) is 0 Å². The van der Waals surface area contributed by atoms with Gasteiger partial charge in [-0.15, -0.1) is 0 Å². The molecule has 1 heterocycles. The Morgan fingerprint density at radius 3 is 2.79 bits per heavy atom. The van der Waals surface area contributed by atoms with E-state index >= 15 is 0 Å². The zero-order chi connectivity index (χ0) is 14.1. The molecule has 19 heavy (non-hydrogen) atoms. The molecule has 4 N–H and O–H groups in total. The first-order valence-corrected chi connectivity index (χ1v) is 7.65. The molecule has 0 spiro atoms. The second-order valence-corrected chi connectivity index (χ2v) is 5.54. The number of hydrogen-bond donors (Lipinski definition) is 3. The van der Waals surface area contributed by atoms with Gasteiger partial charge >= 0.3 is 0 Å². The summed E-state index contributed by atoms with van der Waals surface area (Å²) in [5.41, 5.74) is 0.839. The number of guanidine groups is 1. The first kappa shape index (κ1) is 15.4. The van der Waals surface area contributed by atoms with Crippen molar-refractivity contribution in [3.8, 4) is 0 Å². The van der Waals surface area contributed by atoms with Crippen molar-refractivity contribution in [2.45, 2.75) is 13.5 Å². The van der Waals surface area contributed by atoms with Gasteiger partial charge in [-0.3, -0.25) is 4.98 Å². The van der Waals surface area contributed by atoms with Crippen molar-refractivity contribution in [2.75, 3.05) is 18.8 Å². The first-order valence-electron chi connectivity index (χ1n) is 5.94. The van der Waals surface area contributed by atoms with E-state index in [4.69, 9.17) is 5.14 Å². The molecule has 1 rings (SSSR count). The van der Waals surface area contributed by atoms with Crippen LogP contribution in [0.25, 0.3) is 0 Å². The van der Waals surface area contributed by atoms with E-state index in [0.29, 0.717) is 19.0 Å². The number of nitrogens with one attached hydrogen (secondary N) is 2. The topological polar surface area (TPSA) is 109 Å². The predicted molar refractivity (Wildman–Crippen MR) is 75.0 cm³/mol. The minimum Gasteiger partial charge on any atom is -0.357 e. The molecule has 0 fully saturated rings. The van der Waals surface area contributed by atoms with Gasteiger partial charge in [0.05, 0.1) is 18.0 Å². The summed E-state index contributed by atoms with van der Waals surface area (Å²) < 4.78 is 21.6. The molecule has 8 heteroatoms. The molecule has 0 amide bonds. The Kier molecular flexibility index (Phi) is 6.23. The number of aliphatic imine (C=N–C) groups is 1. The minimum absolute atomic E-state index is 0.138. The summed E-state index contributed by atoms with van der Waals surface area (Å²) in [5.74, 6) is 0.401. The van der Waals surface area contributed by atoms with E-state index in [0.717, 1.165) is 5.69 Å². The van der Waals surface area contributed by atoms with Crippen molar-refractivity contribution in [1.29, 1.82) is 0 Å². The van der Waals surface area contributed by atoms with Crippen molar-refractivity contribution in [3.05, 3.63) is 30.1 Å². The molecular weight excluding hydrogens is 266 g/mol. The Bertz CT molecular complexity index is 501. The molecule has 0 aromatic carbocycles. The fraction of sp³-hybridized carbons (Fsp3) is 0.455. The average Bonchev–Trinajstić information content (AvgIpc) is 2.36. The summed E-state index contributed by atoms with van der Waals surface area (Å²) in [4.78, 5) is 8.45. The second kappa shape index (κ2) is 7.70. The Balaban J connectivity index is 2.51. The summed E-state index contributed by atoms with van der Waals surface area (Å²) >= 11 is 0. The minimum atomic E-state index is -3.46. The van der Waals surface area contributed by atoms with Gasteiger partial charge in [-0.25, -0.2) is 18.5 Å². The number of aromatic nitrogens is 1. The van der Waals surface area contributed by atoms with E-state index in [-0.39, 0.29) is 12.3 Å². The number of rotatable bonds is 6. The van der Waals surface area contributed by atoms with Gasteiger partial charge < -0.3 is 10.6 Å². The lowest BCUT2D eigenvalue weighted by Gasteiger charge is -2.10. The van der Waals surface area contributed by atoms with Gasteiger partial charge in [0, 0.05) is 19.3 Å². The van der Waals surface area contributed by atoms with Gasteiger partial charge in [0.15, 0.2) is 5.96 Å². The van der Waals surface area contributed by atoms with Gasteiger partial charge in [-0.2, -0.15) is 0 Å². The fourth-order valence-corrected chi connectivity index (χ4v) is 1.69. The van der Waals surface area contributed by atoms with Crippen LogP contribution >= 0.6 is 0 Å². The smallest absolute Gasteiger partial charge is 0.210 e. The SMILES string of the molecule is CCNC(=NCc1ccccn1)NCCS(N)(=O)=O. The van der Waals surface area contributed by atoms with E-state index < -0.39 is 10.0 Å². The van der Waals surface area contributed by atoms with Crippen LogP contribution in [-0.4, -0.2) is 38.2 Å². The van der Waals surface area contributed by atoms with Crippen LogP contribution in [0.1, 0.15) is 12.6 Å². The van der Waals surface area contributed by atoms with Crippen molar-refractivity contribution in [3.63, 3.8) is 0 Å². The van der Waals surface area contributed by atoms with Crippen molar-refractivity contribution >= 4 is 16.0 Å². The van der Waals surface area contributed by atoms with Gasteiger partial charge in [-0.1, -0.05) is 6.07 Å². The van der Waals surface area contributed by atoms with Crippen molar-refractivity contribution in [2.24, 2.45) is 10.1 Å². The Hall–Kier alpha value is -1.67. The lowest BCUT2D eigenvalue weighted by Crippen LogP contribution is -2.40. The lowest BCUT2D eigenvalue weighted by molar-refractivity contribution is 0.596. The molecule has 7 nitrogen and oxygen atoms in total. The number of sulfonamides is 1. The predicted octanol–water partition coefficient (Wildman–Crippen LogP) is -0.575. The highest BCUT2D eigenvalue weighted by Crippen LogP contribution is 1.95. The molecule has 106 valence electrons. The Labute approximate surface area is 113 Å². The van der Waals surface area contributed by atoms with Gasteiger partial charge in [-0.05, 0) is 19.1 Å². The van der Waals surface area contributed by atoms with Crippen LogP contribution in [0.2, 0.25) is 0 Å². The van der Waals surface area contributed by atoms with Crippen LogP contribution in [0, 0.1) is 0 Å². The maximum atomic E-state index is 10.8. The highest BCUT2D eigenvalue weighted by molar-refractivity contribution is 7.89.